The third-order valence-electron chi connectivity index (χ3n) is 3.29. The Labute approximate surface area is 123 Å². The third kappa shape index (κ3) is 4.01. The van der Waals surface area contributed by atoms with Crippen LogP contribution in [0.25, 0.3) is 0 Å². The fourth-order valence-electron chi connectivity index (χ4n) is 2.17. The molecule has 4 nitrogen and oxygen atoms in total. The summed E-state index contributed by atoms with van der Waals surface area (Å²) in [6.07, 6.45) is 6.10. The van der Waals surface area contributed by atoms with E-state index in [1.165, 1.54) is 19.0 Å². The van der Waals surface area contributed by atoms with E-state index in [1.54, 1.807) is 24.3 Å². The Morgan fingerprint density at radius 3 is 2.55 bits per heavy atom. The minimum atomic E-state index is -0.416. The topological polar surface area (TPSA) is 64.9 Å². The molecule has 2 rings (SSSR count). The van der Waals surface area contributed by atoms with Gasteiger partial charge in [-0.1, -0.05) is 24.4 Å². The second-order valence-corrected chi connectivity index (χ2v) is 5.22. The van der Waals surface area contributed by atoms with Crippen molar-refractivity contribution in [3.8, 4) is 6.07 Å². The molecule has 1 aliphatic carbocycles. The molecule has 0 saturated heterocycles. The Morgan fingerprint density at radius 1 is 1.30 bits per heavy atom. The molecule has 1 aromatic rings. The number of benzene rings is 1. The number of hydrogen-bond donors (Lipinski definition) is 2. The normalized spacial score (nSPS) is 15.7. The number of halogens is 1. The number of nitriles is 1. The van der Waals surface area contributed by atoms with Gasteiger partial charge >= 0.3 is 0 Å². The molecule has 0 aliphatic heterocycles. The molecule has 0 aromatic heterocycles. The van der Waals surface area contributed by atoms with Crippen LogP contribution < -0.4 is 10.6 Å². The first-order valence-electron chi connectivity index (χ1n) is 6.62. The number of carbonyl (C=O) groups is 1. The number of amides is 1. The van der Waals surface area contributed by atoms with Gasteiger partial charge in [-0.05, 0) is 37.1 Å². The summed E-state index contributed by atoms with van der Waals surface area (Å²) in [6, 6.07) is 9.05. The van der Waals surface area contributed by atoms with Crippen molar-refractivity contribution in [3.63, 3.8) is 0 Å². The predicted molar refractivity (Wildman–Crippen MR) is 79.2 cm³/mol. The lowest BCUT2D eigenvalue weighted by molar-refractivity contribution is -0.112. The molecular formula is C15H16ClN3O. The zero-order valence-electron chi connectivity index (χ0n) is 11.0. The highest BCUT2D eigenvalue weighted by molar-refractivity contribution is 6.30. The number of nitrogens with zero attached hydrogens (tertiary/aromatic N) is 1. The molecule has 0 heterocycles. The number of carbonyl (C=O) groups excluding carboxylic acids is 1. The zero-order valence-corrected chi connectivity index (χ0v) is 11.8. The van der Waals surface area contributed by atoms with Crippen LogP contribution in [0.15, 0.2) is 36.0 Å². The summed E-state index contributed by atoms with van der Waals surface area (Å²) in [7, 11) is 0. The molecule has 1 saturated carbocycles. The van der Waals surface area contributed by atoms with Crippen LogP contribution >= 0.6 is 11.6 Å². The molecule has 1 aliphatic rings. The van der Waals surface area contributed by atoms with Crippen LogP contribution in [0.4, 0.5) is 5.69 Å². The van der Waals surface area contributed by atoms with Crippen molar-refractivity contribution in [2.75, 3.05) is 5.32 Å². The van der Waals surface area contributed by atoms with Crippen molar-refractivity contribution < 1.29 is 4.79 Å². The maximum absolute atomic E-state index is 12.0. The summed E-state index contributed by atoms with van der Waals surface area (Å²) in [6.45, 7) is 0. The summed E-state index contributed by atoms with van der Waals surface area (Å²) in [5.41, 5.74) is 0.688. The highest BCUT2D eigenvalue weighted by Gasteiger charge is 2.14. The number of nitrogens with one attached hydrogen (secondary N) is 2. The molecule has 1 aromatic carbocycles. The van der Waals surface area contributed by atoms with Gasteiger partial charge in [-0.3, -0.25) is 4.79 Å². The molecular weight excluding hydrogens is 274 g/mol. The largest absolute Gasteiger partial charge is 0.387 e. The van der Waals surface area contributed by atoms with Gasteiger partial charge in [0.1, 0.15) is 11.6 Å². The molecule has 0 bridgehead atoms. The average Bonchev–Trinajstić information content (AvgIpc) is 2.95. The van der Waals surface area contributed by atoms with Gasteiger partial charge in [0, 0.05) is 23.0 Å². The molecule has 1 amide bonds. The van der Waals surface area contributed by atoms with E-state index < -0.39 is 5.91 Å². The first-order chi connectivity index (χ1) is 9.69. The van der Waals surface area contributed by atoms with Crippen LogP contribution in [0.3, 0.4) is 0 Å². The van der Waals surface area contributed by atoms with Crippen molar-refractivity contribution in [2.45, 2.75) is 31.7 Å². The van der Waals surface area contributed by atoms with Crippen LogP contribution in [0.5, 0.6) is 0 Å². The first kappa shape index (κ1) is 14.4. The van der Waals surface area contributed by atoms with Crippen molar-refractivity contribution in [2.24, 2.45) is 0 Å². The first-order valence-corrected chi connectivity index (χ1v) is 7.00. The van der Waals surface area contributed by atoms with Gasteiger partial charge in [0.15, 0.2) is 0 Å². The fourth-order valence-corrected chi connectivity index (χ4v) is 2.30. The number of hydrogen-bond acceptors (Lipinski definition) is 3. The standard InChI is InChI=1S/C15H16ClN3O/c16-12-5-7-14(8-6-12)19-15(20)11(9-17)10-18-13-3-1-2-4-13/h5-8,10,13,18H,1-4H2,(H,19,20)/b11-10-. The molecule has 1 fully saturated rings. The van der Waals surface area contributed by atoms with Crippen LogP contribution in [0, 0.1) is 11.3 Å². The summed E-state index contributed by atoms with van der Waals surface area (Å²) in [5.74, 6) is -0.416. The Morgan fingerprint density at radius 2 is 1.95 bits per heavy atom. The van der Waals surface area contributed by atoms with Gasteiger partial charge < -0.3 is 10.6 Å². The maximum atomic E-state index is 12.0. The van der Waals surface area contributed by atoms with E-state index >= 15 is 0 Å². The average molecular weight is 290 g/mol. The highest BCUT2D eigenvalue weighted by Crippen LogP contribution is 2.18. The Bertz CT molecular complexity index is 539. The zero-order chi connectivity index (χ0) is 14.4. The van der Waals surface area contributed by atoms with Crippen LogP contribution in [-0.4, -0.2) is 11.9 Å². The lowest BCUT2D eigenvalue weighted by Crippen LogP contribution is -2.23. The molecule has 0 atom stereocenters. The smallest absolute Gasteiger partial charge is 0.267 e. The number of anilines is 1. The molecule has 2 N–H and O–H groups in total. The van der Waals surface area contributed by atoms with Crippen LogP contribution in [0.1, 0.15) is 25.7 Å². The Kier molecular flexibility index (Phi) is 5.03. The molecule has 5 heteroatoms. The van der Waals surface area contributed by atoms with E-state index in [0.717, 1.165) is 12.8 Å². The van der Waals surface area contributed by atoms with E-state index in [-0.39, 0.29) is 5.57 Å². The predicted octanol–water partition coefficient (Wildman–Crippen LogP) is 3.22. The van der Waals surface area contributed by atoms with E-state index in [9.17, 15) is 4.79 Å². The fraction of sp³-hybridized carbons (Fsp3) is 0.333. The molecule has 20 heavy (non-hydrogen) atoms. The van der Waals surface area contributed by atoms with Crippen molar-refractivity contribution >= 4 is 23.2 Å². The summed E-state index contributed by atoms with van der Waals surface area (Å²) in [5, 5.41) is 15.5. The van der Waals surface area contributed by atoms with E-state index in [4.69, 9.17) is 16.9 Å². The second kappa shape index (κ2) is 6.97. The van der Waals surface area contributed by atoms with Crippen molar-refractivity contribution in [3.05, 3.63) is 41.1 Å². The second-order valence-electron chi connectivity index (χ2n) is 4.78. The van der Waals surface area contributed by atoms with Crippen LogP contribution in [0.2, 0.25) is 5.02 Å². The minimum absolute atomic E-state index is 0.0758. The molecule has 0 unspecified atom stereocenters. The maximum Gasteiger partial charge on any atom is 0.267 e. The van der Waals surface area contributed by atoms with Crippen molar-refractivity contribution in [1.29, 1.82) is 5.26 Å². The van der Waals surface area contributed by atoms with Gasteiger partial charge in [0.05, 0.1) is 0 Å². The van der Waals surface area contributed by atoms with E-state index in [0.29, 0.717) is 16.8 Å². The Balaban J connectivity index is 1.96. The van der Waals surface area contributed by atoms with E-state index in [1.807, 2.05) is 6.07 Å². The van der Waals surface area contributed by atoms with Gasteiger partial charge in [0.25, 0.3) is 5.91 Å². The lowest BCUT2D eigenvalue weighted by Gasteiger charge is -2.09. The minimum Gasteiger partial charge on any atom is -0.387 e. The molecule has 0 radical (unpaired) electrons. The summed E-state index contributed by atoms with van der Waals surface area (Å²) in [4.78, 5) is 12.0. The SMILES string of the molecule is N#C/C(=C/NC1CCCC1)C(=O)Nc1ccc(Cl)cc1. The molecule has 104 valence electrons. The highest BCUT2D eigenvalue weighted by atomic mass is 35.5. The van der Waals surface area contributed by atoms with Gasteiger partial charge in [0.2, 0.25) is 0 Å². The molecule has 0 spiro atoms. The summed E-state index contributed by atoms with van der Waals surface area (Å²) < 4.78 is 0. The monoisotopic (exact) mass is 289 g/mol. The Hall–Kier alpha value is -1.99. The van der Waals surface area contributed by atoms with Gasteiger partial charge in [-0.2, -0.15) is 5.26 Å². The van der Waals surface area contributed by atoms with Gasteiger partial charge in [-0.15, -0.1) is 0 Å². The third-order valence-corrected chi connectivity index (χ3v) is 3.54. The lowest BCUT2D eigenvalue weighted by atomic mass is 10.2. The van der Waals surface area contributed by atoms with E-state index in [2.05, 4.69) is 10.6 Å². The van der Waals surface area contributed by atoms with Crippen molar-refractivity contribution in [1.82, 2.24) is 5.32 Å². The summed E-state index contributed by atoms with van der Waals surface area (Å²) >= 11 is 5.77. The quantitative estimate of drug-likeness (QED) is 0.661. The number of rotatable bonds is 4. The van der Waals surface area contributed by atoms with Gasteiger partial charge in [-0.25, -0.2) is 0 Å². The van der Waals surface area contributed by atoms with Crippen LogP contribution in [-0.2, 0) is 4.79 Å².